The lowest BCUT2D eigenvalue weighted by Gasteiger charge is -2.00. The number of esters is 1. The van der Waals surface area contributed by atoms with Gasteiger partial charge in [-0.15, -0.1) is 0 Å². The second kappa shape index (κ2) is 5.38. The Balaban J connectivity index is 2.76. The maximum absolute atomic E-state index is 11.4. The molecule has 84 valence electrons. The Kier molecular flexibility index (Phi) is 4.15. The molecule has 1 heterocycles. The van der Waals surface area contributed by atoms with Gasteiger partial charge in [-0.1, -0.05) is 13.3 Å². The molecule has 0 unspecified atom stereocenters. The third-order valence-corrected chi connectivity index (χ3v) is 2.02. The van der Waals surface area contributed by atoms with Crippen molar-refractivity contribution in [3.63, 3.8) is 0 Å². The first-order valence-corrected chi connectivity index (χ1v) is 5.16. The third-order valence-electron chi connectivity index (χ3n) is 2.02. The van der Waals surface area contributed by atoms with Crippen LogP contribution in [0.4, 0.5) is 0 Å². The van der Waals surface area contributed by atoms with E-state index >= 15 is 0 Å². The molecule has 0 aromatic carbocycles. The highest BCUT2D eigenvalue weighted by Gasteiger charge is 2.11. The fourth-order valence-electron chi connectivity index (χ4n) is 1.23. The van der Waals surface area contributed by atoms with Crippen molar-refractivity contribution in [1.29, 1.82) is 0 Å². The highest BCUT2D eigenvalue weighted by atomic mass is 16.5. The summed E-state index contributed by atoms with van der Waals surface area (Å²) in [6.45, 7) is 4.68. The van der Waals surface area contributed by atoms with Gasteiger partial charge in [0.05, 0.1) is 6.61 Å². The fraction of sp³-hybridized carbons (Fsp3) is 0.600. The Hall–Kier alpha value is -1.52. The van der Waals surface area contributed by atoms with E-state index in [9.17, 15) is 9.59 Å². The normalized spacial score (nSPS) is 10.3. The number of aromatic nitrogens is 2. The van der Waals surface area contributed by atoms with Crippen molar-refractivity contribution in [2.75, 3.05) is 6.61 Å². The monoisotopic (exact) mass is 212 g/mol. The van der Waals surface area contributed by atoms with Crippen molar-refractivity contribution in [2.24, 2.45) is 0 Å². The SMILES string of the molecule is CCCCn1[nH]c(C(=O)OCC)cc1=O. The van der Waals surface area contributed by atoms with Crippen LogP contribution in [0.3, 0.4) is 0 Å². The molecule has 0 saturated heterocycles. The predicted molar refractivity (Wildman–Crippen MR) is 55.9 cm³/mol. The van der Waals surface area contributed by atoms with E-state index < -0.39 is 5.97 Å². The Bertz CT molecular complexity index is 378. The number of rotatable bonds is 5. The van der Waals surface area contributed by atoms with Crippen LogP contribution in [0.25, 0.3) is 0 Å². The maximum atomic E-state index is 11.4. The first-order valence-electron chi connectivity index (χ1n) is 5.16. The molecule has 1 aromatic rings. The van der Waals surface area contributed by atoms with Crippen LogP contribution in [-0.2, 0) is 11.3 Å². The van der Waals surface area contributed by atoms with Gasteiger partial charge in [-0.3, -0.25) is 14.6 Å². The van der Waals surface area contributed by atoms with Gasteiger partial charge in [0.15, 0.2) is 0 Å². The summed E-state index contributed by atoms with van der Waals surface area (Å²) >= 11 is 0. The average molecular weight is 212 g/mol. The standard InChI is InChI=1S/C10H16N2O3/c1-3-5-6-12-9(13)7-8(11-12)10(14)15-4-2/h7,11H,3-6H2,1-2H3. The summed E-state index contributed by atoms with van der Waals surface area (Å²) < 4.78 is 6.20. The molecule has 5 nitrogen and oxygen atoms in total. The van der Waals surface area contributed by atoms with Crippen LogP contribution in [0.5, 0.6) is 0 Å². The number of aromatic amines is 1. The number of carbonyl (C=O) groups excluding carboxylic acids is 1. The largest absolute Gasteiger partial charge is 0.461 e. The zero-order valence-corrected chi connectivity index (χ0v) is 9.08. The van der Waals surface area contributed by atoms with Gasteiger partial charge in [0, 0.05) is 12.6 Å². The second-order valence-corrected chi connectivity index (χ2v) is 3.23. The minimum atomic E-state index is -0.482. The van der Waals surface area contributed by atoms with E-state index in [2.05, 4.69) is 5.10 Å². The molecular weight excluding hydrogens is 196 g/mol. The van der Waals surface area contributed by atoms with Crippen LogP contribution in [-0.4, -0.2) is 22.4 Å². The van der Waals surface area contributed by atoms with Gasteiger partial charge in [-0.25, -0.2) is 4.79 Å². The molecule has 0 spiro atoms. The van der Waals surface area contributed by atoms with Crippen molar-refractivity contribution >= 4 is 5.97 Å². The quantitative estimate of drug-likeness (QED) is 0.745. The van der Waals surface area contributed by atoms with Crippen molar-refractivity contribution < 1.29 is 9.53 Å². The first kappa shape index (κ1) is 11.6. The smallest absolute Gasteiger partial charge is 0.356 e. The van der Waals surface area contributed by atoms with Gasteiger partial charge in [-0.05, 0) is 13.3 Å². The number of nitrogens with one attached hydrogen (secondary N) is 1. The molecule has 5 heteroatoms. The second-order valence-electron chi connectivity index (χ2n) is 3.23. The van der Waals surface area contributed by atoms with Crippen molar-refractivity contribution in [3.05, 3.63) is 22.1 Å². The number of unbranched alkanes of at least 4 members (excludes halogenated alkanes) is 1. The number of hydrogen-bond acceptors (Lipinski definition) is 3. The van der Waals surface area contributed by atoms with E-state index in [0.29, 0.717) is 13.2 Å². The van der Waals surface area contributed by atoms with Crippen molar-refractivity contribution in [2.45, 2.75) is 33.2 Å². The maximum Gasteiger partial charge on any atom is 0.356 e. The number of ether oxygens (including phenoxy) is 1. The van der Waals surface area contributed by atoms with Gasteiger partial charge >= 0.3 is 5.97 Å². The average Bonchev–Trinajstić information content (AvgIpc) is 2.57. The fourth-order valence-corrected chi connectivity index (χ4v) is 1.23. The van der Waals surface area contributed by atoms with Crippen LogP contribution < -0.4 is 5.56 Å². The minimum absolute atomic E-state index is 0.188. The lowest BCUT2D eigenvalue weighted by molar-refractivity contribution is 0.0518. The molecule has 1 N–H and O–H groups in total. The number of aryl methyl sites for hydroxylation is 1. The zero-order chi connectivity index (χ0) is 11.3. The molecule has 0 radical (unpaired) electrons. The first-order chi connectivity index (χ1) is 7.19. The number of carbonyl (C=O) groups is 1. The molecule has 0 aliphatic carbocycles. The summed E-state index contributed by atoms with van der Waals surface area (Å²) in [5.74, 6) is -0.482. The number of H-pyrrole nitrogens is 1. The highest BCUT2D eigenvalue weighted by molar-refractivity contribution is 5.86. The van der Waals surface area contributed by atoms with Crippen molar-refractivity contribution in [3.8, 4) is 0 Å². The van der Waals surface area contributed by atoms with Gasteiger partial charge < -0.3 is 4.74 Å². The summed E-state index contributed by atoms with van der Waals surface area (Å²) in [5.41, 5.74) is 0.0319. The molecule has 1 rings (SSSR count). The molecule has 0 saturated carbocycles. The van der Waals surface area contributed by atoms with E-state index in [0.717, 1.165) is 12.8 Å². The van der Waals surface area contributed by atoms with E-state index in [4.69, 9.17) is 4.74 Å². The molecule has 0 aliphatic heterocycles. The van der Waals surface area contributed by atoms with Crippen LogP contribution in [0.1, 0.15) is 37.2 Å². The van der Waals surface area contributed by atoms with Gasteiger partial charge in [0.2, 0.25) is 0 Å². The molecule has 0 bridgehead atoms. The van der Waals surface area contributed by atoms with E-state index in [-0.39, 0.29) is 11.3 Å². The lowest BCUT2D eigenvalue weighted by atomic mass is 10.3. The molecule has 0 aliphatic rings. The van der Waals surface area contributed by atoms with Crippen LogP contribution in [0, 0.1) is 0 Å². The topological polar surface area (TPSA) is 64.1 Å². The van der Waals surface area contributed by atoms with E-state index in [1.807, 2.05) is 6.92 Å². The molecule has 0 amide bonds. The Labute approximate surface area is 88.0 Å². The van der Waals surface area contributed by atoms with Gasteiger partial charge in [0.25, 0.3) is 5.56 Å². The Morgan fingerprint density at radius 2 is 2.27 bits per heavy atom. The molecule has 15 heavy (non-hydrogen) atoms. The molecule has 0 atom stereocenters. The molecule has 1 aromatic heterocycles. The van der Waals surface area contributed by atoms with Crippen LogP contribution in [0.2, 0.25) is 0 Å². The summed E-state index contributed by atoms with van der Waals surface area (Å²) in [6, 6.07) is 1.27. The molecule has 0 fully saturated rings. The Morgan fingerprint density at radius 1 is 1.53 bits per heavy atom. The minimum Gasteiger partial charge on any atom is -0.461 e. The van der Waals surface area contributed by atoms with E-state index in [1.54, 1.807) is 6.92 Å². The third kappa shape index (κ3) is 2.97. The predicted octanol–water partition coefficient (Wildman–Crippen LogP) is 1.15. The zero-order valence-electron chi connectivity index (χ0n) is 9.08. The van der Waals surface area contributed by atoms with Gasteiger partial charge in [-0.2, -0.15) is 0 Å². The summed E-state index contributed by atoms with van der Waals surface area (Å²) in [6.07, 6.45) is 1.91. The Morgan fingerprint density at radius 3 is 2.87 bits per heavy atom. The summed E-state index contributed by atoms with van der Waals surface area (Å²) in [4.78, 5) is 22.7. The van der Waals surface area contributed by atoms with Crippen LogP contribution in [0.15, 0.2) is 10.9 Å². The van der Waals surface area contributed by atoms with Crippen LogP contribution >= 0.6 is 0 Å². The molecular formula is C10H16N2O3. The van der Waals surface area contributed by atoms with Gasteiger partial charge in [0.1, 0.15) is 5.69 Å². The highest BCUT2D eigenvalue weighted by Crippen LogP contribution is 1.96. The number of nitrogens with zero attached hydrogens (tertiary/aromatic N) is 1. The van der Waals surface area contributed by atoms with E-state index in [1.165, 1.54) is 10.7 Å². The summed E-state index contributed by atoms with van der Waals surface area (Å²) in [5, 5.41) is 2.73. The summed E-state index contributed by atoms with van der Waals surface area (Å²) in [7, 11) is 0. The lowest BCUT2D eigenvalue weighted by Crippen LogP contribution is -2.15. The van der Waals surface area contributed by atoms with Crippen molar-refractivity contribution in [1.82, 2.24) is 9.78 Å². The number of hydrogen-bond donors (Lipinski definition) is 1.